The molecule has 0 amide bonds. The van der Waals surface area contributed by atoms with Crippen molar-refractivity contribution in [2.75, 3.05) is 13.7 Å². The number of aromatic amines is 3. The Morgan fingerprint density at radius 3 is 2.83 bits per heavy atom. The molecular weight excluding hydrogens is 312 g/mol. The van der Waals surface area contributed by atoms with E-state index in [1.165, 1.54) is 0 Å². The van der Waals surface area contributed by atoms with Gasteiger partial charge < -0.3 is 20.1 Å². The van der Waals surface area contributed by atoms with E-state index >= 15 is 0 Å². The second-order valence-electron chi connectivity index (χ2n) is 5.85. The molecule has 8 nitrogen and oxygen atoms in total. The summed E-state index contributed by atoms with van der Waals surface area (Å²) in [5.74, 6) is 0.370. The van der Waals surface area contributed by atoms with Crippen molar-refractivity contribution in [2.24, 2.45) is 0 Å². The summed E-state index contributed by atoms with van der Waals surface area (Å²) < 4.78 is 5.29. The molecule has 3 heterocycles. The lowest BCUT2D eigenvalue weighted by molar-refractivity contribution is -0.690. The Hall–Kier alpha value is -3.00. The molecule has 3 aromatic rings. The van der Waals surface area contributed by atoms with Crippen LogP contribution in [0.25, 0.3) is 10.9 Å². The van der Waals surface area contributed by atoms with Crippen molar-refractivity contribution in [3.05, 3.63) is 55.9 Å². The summed E-state index contributed by atoms with van der Waals surface area (Å²) in [4.78, 5) is 31.3. The Morgan fingerprint density at radius 1 is 1.25 bits per heavy atom. The van der Waals surface area contributed by atoms with Gasteiger partial charge in [0.2, 0.25) is 5.88 Å². The number of ether oxygens (including phenoxy) is 1. The molecule has 1 aliphatic rings. The molecule has 1 aromatic carbocycles. The number of H-pyrrole nitrogens is 3. The highest BCUT2D eigenvalue weighted by molar-refractivity contribution is 5.86. The molecule has 0 saturated heterocycles. The van der Waals surface area contributed by atoms with Crippen molar-refractivity contribution in [3.63, 3.8) is 0 Å². The van der Waals surface area contributed by atoms with Gasteiger partial charge >= 0.3 is 5.69 Å². The summed E-state index contributed by atoms with van der Waals surface area (Å²) >= 11 is 0. The SMILES string of the molecule is COc1ccc2[nH]c3c(c2c1)CC[NH2+][C@@H]3c1c(O)[nH]c(=O)[nH]c1=O. The van der Waals surface area contributed by atoms with Crippen LogP contribution in [0.1, 0.15) is 22.9 Å². The number of hydrogen-bond donors (Lipinski definition) is 5. The molecule has 24 heavy (non-hydrogen) atoms. The lowest BCUT2D eigenvalue weighted by Gasteiger charge is -2.21. The molecule has 0 unspecified atom stereocenters. The highest BCUT2D eigenvalue weighted by Gasteiger charge is 2.33. The molecular formula is C16H17N4O4+. The summed E-state index contributed by atoms with van der Waals surface area (Å²) in [5, 5.41) is 13.1. The van der Waals surface area contributed by atoms with Gasteiger partial charge in [0, 0.05) is 17.3 Å². The molecule has 0 bridgehead atoms. The minimum Gasteiger partial charge on any atom is -0.497 e. The first kappa shape index (κ1) is 14.6. The van der Waals surface area contributed by atoms with Crippen LogP contribution in [0.4, 0.5) is 0 Å². The lowest BCUT2D eigenvalue weighted by Crippen LogP contribution is -2.87. The zero-order chi connectivity index (χ0) is 16.8. The van der Waals surface area contributed by atoms with Crippen molar-refractivity contribution in [3.8, 4) is 11.6 Å². The first-order valence-corrected chi connectivity index (χ1v) is 7.65. The van der Waals surface area contributed by atoms with Gasteiger partial charge in [0.05, 0.1) is 19.3 Å². The van der Waals surface area contributed by atoms with Gasteiger partial charge in [0.1, 0.15) is 11.3 Å². The molecule has 0 fully saturated rings. The number of nitrogens with one attached hydrogen (secondary N) is 3. The molecule has 0 aliphatic carbocycles. The molecule has 2 aromatic heterocycles. The van der Waals surface area contributed by atoms with E-state index in [2.05, 4.69) is 15.0 Å². The standard InChI is InChI=1S/C16H16N4O4/c1-24-7-2-3-10-9(6-7)8-4-5-17-13(12(8)18-10)11-14(21)19-16(23)20-15(11)22/h2-3,6,13,17-18H,4-5H2,1H3,(H3,19,20,21,22,23)/p+1/t13-/m1/s1. The molecule has 1 aliphatic heterocycles. The van der Waals surface area contributed by atoms with Gasteiger partial charge in [-0.05, 0) is 23.8 Å². The van der Waals surface area contributed by atoms with Crippen LogP contribution in [0.5, 0.6) is 11.6 Å². The number of aromatic nitrogens is 3. The number of methoxy groups -OCH3 is 1. The fraction of sp³-hybridized carbons (Fsp3) is 0.250. The highest BCUT2D eigenvalue weighted by Crippen LogP contribution is 2.33. The van der Waals surface area contributed by atoms with Gasteiger partial charge in [-0.25, -0.2) is 4.79 Å². The smallest absolute Gasteiger partial charge is 0.328 e. The molecule has 0 spiro atoms. The summed E-state index contributed by atoms with van der Waals surface area (Å²) in [6.45, 7) is 0.764. The summed E-state index contributed by atoms with van der Waals surface area (Å²) in [6.07, 6.45) is 0.834. The second-order valence-corrected chi connectivity index (χ2v) is 5.85. The molecule has 0 radical (unpaired) electrons. The quantitative estimate of drug-likeness (QED) is 0.433. The van der Waals surface area contributed by atoms with E-state index in [0.717, 1.165) is 40.9 Å². The van der Waals surface area contributed by atoms with Crippen LogP contribution >= 0.6 is 0 Å². The maximum absolute atomic E-state index is 12.2. The Labute approximate surface area is 135 Å². The lowest BCUT2D eigenvalue weighted by atomic mass is 9.95. The van der Waals surface area contributed by atoms with Gasteiger partial charge in [0.15, 0.2) is 6.04 Å². The maximum Gasteiger partial charge on any atom is 0.328 e. The van der Waals surface area contributed by atoms with Crippen molar-refractivity contribution < 1.29 is 15.2 Å². The van der Waals surface area contributed by atoms with Crippen LogP contribution in [-0.4, -0.2) is 33.7 Å². The average molecular weight is 329 g/mol. The van der Waals surface area contributed by atoms with Gasteiger partial charge in [-0.15, -0.1) is 0 Å². The second kappa shape index (κ2) is 5.27. The molecule has 6 N–H and O–H groups in total. The number of rotatable bonds is 2. The number of quaternary nitrogens is 1. The predicted octanol–water partition coefficient (Wildman–Crippen LogP) is -0.532. The van der Waals surface area contributed by atoms with Crippen LogP contribution in [-0.2, 0) is 6.42 Å². The first-order chi connectivity index (χ1) is 11.6. The van der Waals surface area contributed by atoms with E-state index in [0.29, 0.717) is 0 Å². The van der Waals surface area contributed by atoms with E-state index in [-0.39, 0.29) is 5.56 Å². The number of fused-ring (bicyclic) bond motifs is 3. The Morgan fingerprint density at radius 2 is 2.08 bits per heavy atom. The third-order valence-electron chi connectivity index (χ3n) is 4.52. The predicted molar refractivity (Wildman–Crippen MR) is 86.5 cm³/mol. The summed E-state index contributed by atoms with van der Waals surface area (Å²) in [6, 6.07) is 5.35. The van der Waals surface area contributed by atoms with Crippen LogP contribution < -0.4 is 21.3 Å². The molecule has 8 heteroatoms. The first-order valence-electron chi connectivity index (χ1n) is 7.65. The third-order valence-corrected chi connectivity index (χ3v) is 4.52. The van der Waals surface area contributed by atoms with E-state index < -0.39 is 23.2 Å². The van der Waals surface area contributed by atoms with Crippen molar-refractivity contribution in [1.82, 2.24) is 15.0 Å². The van der Waals surface area contributed by atoms with E-state index in [1.54, 1.807) is 7.11 Å². The number of nitrogens with two attached hydrogens (primary N) is 1. The fourth-order valence-corrected chi connectivity index (χ4v) is 3.46. The maximum atomic E-state index is 12.2. The van der Waals surface area contributed by atoms with E-state index in [9.17, 15) is 14.7 Å². The minimum atomic E-state index is -0.723. The molecule has 4 rings (SSSR count). The van der Waals surface area contributed by atoms with Crippen LogP contribution in [0, 0.1) is 0 Å². The summed E-state index contributed by atoms with van der Waals surface area (Å²) in [5.41, 5.74) is 1.74. The van der Waals surface area contributed by atoms with Crippen LogP contribution in [0.2, 0.25) is 0 Å². The molecule has 1 atom stereocenters. The Bertz CT molecular complexity index is 1050. The monoisotopic (exact) mass is 329 g/mol. The number of benzene rings is 1. The van der Waals surface area contributed by atoms with Gasteiger partial charge in [-0.3, -0.25) is 14.8 Å². The van der Waals surface area contributed by atoms with Gasteiger partial charge in [-0.2, -0.15) is 0 Å². The minimum absolute atomic E-state index is 0.147. The Balaban J connectivity index is 1.94. The van der Waals surface area contributed by atoms with Crippen molar-refractivity contribution in [2.45, 2.75) is 12.5 Å². The van der Waals surface area contributed by atoms with Crippen molar-refractivity contribution >= 4 is 10.9 Å². The van der Waals surface area contributed by atoms with Crippen LogP contribution in [0.15, 0.2) is 27.8 Å². The molecule has 0 saturated carbocycles. The topological polar surface area (TPSA) is 128 Å². The Kier molecular flexibility index (Phi) is 3.20. The number of hydrogen-bond acceptors (Lipinski definition) is 4. The third kappa shape index (κ3) is 2.11. The van der Waals surface area contributed by atoms with E-state index in [4.69, 9.17) is 4.74 Å². The van der Waals surface area contributed by atoms with Crippen LogP contribution in [0.3, 0.4) is 0 Å². The molecule has 124 valence electrons. The zero-order valence-electron chi connectivity index (χ0n) is 13.0. The average Bonchev–Trinajstić information content (AvgIpc) is 2.92. The van der Waals surface area contributed by atoms with E-state index in [1.807, 2.05) is 23.5 Å². The summed E-state index contributed by atoms with van der Waals surface area (Å²) in [7, 11) is 1.62. The van der Waals surface area contributed by atoms with Crippen molar-refractivity contribution in [1.29, 1.82) is 0 Å². The normalized spacial score (nSPS) is 17.0. The fourth-order valence-electron chi connectivity index (χ4n) is 3.46. The van der Waals surface area contributed by atoms with Gasteiger partial charge in [0.25, 0.3) is 5.56 Å². The van der Waals surface area contributed by atoms with Gasteiger partial charge in [-0.1, -0.05) is 0 Å². The highest BCUT2D eigenvalue weighted by atomic mass is 16.5. The largest absolute Gasteiger partial charge is 0.497 e. The number of aromatic hydroxyl groups is 1. The zero-order valence-corrected chi connectivity index (χ0v) is 13.0.